The minimum absolute atomic E-state index is 0.0232. The van der Waals surface area contributed by atoms with E-state index in [-0.39, 0.29) is 17.4 Å². The molecule has 2 aromatic rings. The number of halogens is 1. The van der Waals surface area contributed by atoms with E-state index in [1.807, 2.05) is 37.3 Å². The lowest BCUT2D eigenvalue weighted by atomic mass is 9.53. The lowest BCUT2D eigenvalue weighted by molar-refractivity contribution is -0.124. The van der Waals surface area contributed by atoms with Crippen molar-refractivity contribution >= 4 is 40.9 Å². The summed E-state index contributed by atoms with van der Waals surface area (Å²) in [6.45, 7) is 1.91. The molecule has 0 unspecified atom stereocenters. The third kappa shape index (κ3) is 4.55. The van der Waals surface area contributed by atoms with Gasteiger partial charge in [-0.25, -0.2) is 0 Å². The van der Waals surface area contributed by atoms with Crippen LogP contribution < -0.4 is 10.6 Å². The van der Waals surface area contributed by atoms with E-state index < -0.39 is 0 Å². The summed E-state index contributed by atoms with van der Waals surface area (Å²) in [5.74, 6) is 2.63. The van der Waals surface area contributed by atoms with Crippen LogP contribution in [0.3, 0.4) is 0 Å². The summed E-state index contributed by atoms with van der Waals surface area (Å²) in [6, 6.07) is 12.9. The number of carbonyl (C=O) groups excluding carboxylic acids is 2. The Morgan fingerprint density at radius 2 is 1.69 bits per heavy atom. The molecule has 32 heavy (non-hydrogen) atoms. The van der Waals surface area contributed by atoms with E-state index in [2.05, 4.69) is 10.6 Å². The largest absolute Gasteiger partial charge is 0.350 e. The van der Waals surface area contributed by atoms with Gasteiger partial charge in [0.05, 0.1) is 11.3 Å². The zero-order valence-corrected chi connectivity index (χ0v) is 19.9. The molecule has 0 aliphatic heterocycles. The van der Waals surface area contributed by atoms with Gasteiger partial charge < -0.3 is 10.6 Å². The first-order chi connectivity index (χ1) is 15.4. The average molecular weight is 469 g/mol. The first-order valence-corrected chi connectivity index (χ1v) is 12.9. The molecule has 4 nitrogen and oxygen atoms in total. The molecule has 2 N–H and O–H groups in total. The zero-order valence-electron chi connectivity index (χ0n) is 18.3. The molecule has 4 saturated carbocycles. The van der Waals surface area contributed by atoms with Crippen molar-refractivity contribution < 1.29 is 9.59 Å². The van der Waals surface area contributed by atoms with E-state index in [9.17, 15) is 9.59 Å². The fourth-order valence-corrected chi connectivity index (χ4v) is 7.55. The molecule has 2 amide bonds. The third-order valence-corrected chi connectivity index (χ3v) is 8.68. The van der Waals surface area contributed by atoms with Crippen molar-refractivity contribution in [2.24, 2.45) is 17.8 Å². The number of aryl methyl sites for hydroxylation is 1. The van der Waals surface area contributed by atoms with E-state index in [1.54, 1.807) is 12.1 Å². The fourth-order valence-electron chi connectivity index (χ4n) is 6.48. The van der Waals surface area contributed by atoms with Gasteiger partial charge >= 0.3 is 0 Å². The van der Waals surface area contributed by atoms with Crippen LogP contribution in [0.15, 0.2) is 47.4 Å². The van der Waals surface area contributed by atoms with Crippen LogP contribution in [-0.2, 0) is 4.79 Å². The van der Waals surface area contributed by atoms with Gasteiger partial charge in [-0.1, -0.05) is 23.7 Å². The highest BCUT2D eigenvalue weighted by Crippen LogP contribution is 2.55. The van der Waals surface area contributed by atoms with Gasteiger partial charge in [0, 0.05) is 21.1 Å². The Morgan fingerprint density at radius 3 is 2.34 bits per heavy atom. The molecule has 2 aromatic carbocycles. The van der Waals surface area contributed by atoms with E-state index >= 15 is 0 Å². The van der Waals surface area contributed by atoms with Gasteiger partial charge in [-0.15, -0.1) is 11.8 Å². The summed E-state index contributed by atoms with van der Waals surface area (Å²) >= 11 is 7.46. The van der Waals surface area contributed by atoms with Crippen molar-refractivity contribution in [2.45, 2.75) is 55.9 Å². The maximum atomic E-state index is 13.0. The molecule has 4 aliphatic carbocycles. The summed E-state index contributed by atoms with van der Waals surface area (Å²) in [4.78, 5) is 26.7. The van der Waals surface area contributed by atoms with Crippen LogP contribution in [0.25, 0.3) is 0 Å². The molecular formula is C26H29ClN2O2S. The van der Waals surface area contributed by atoms with Gasteiger partial charge in [-0.2, -0.15) is 0 Å². The van der Waals surface area contributed by atoms with E-state index in [4.69, 9.17) is 11.6 Å². The van der Waals surface area contributed by atoms with Gasteiger partial charge in [0.15, 0.2) is 0 Å². The molecule has 0 saturated heterocycles. The van der Waals surface area contributed by atoms with E-state index in [0.29, 0.717) is 16.3 Å². The second-order valence-corrected chi connectivity index (χ2v) is 11.4. The van der Waals surface area contributed by atoms with Gasteiger partial charge in [-0.3, -0.25) is 9.59 Å². The third-order valence-electron chi connectivity index (χ3n) is 7.37. The number of anilines is 1. The first kappa shape index (κ1) is 21.8. The lowest BCUT2D eigenvalue weighted by Gasteiger charge is -2.56. The number of benzene rings is 2. The summed E-state index contributed by atoms with van der Waals surface area (Å²) < 4.78 is 0. The van der Waals surface area contributed by atoms with Gasteiger partial charge in [-0.05, 0) is 99.1 Å². The predicted octanol–water partition coefficient (Wildman–Crippen LogP) is 6.08. The molecule has 6 rings (SSSR count). The molecular weight excluding hydrogens is 440 g/mol. The Bertz CT molecular complexity index is 1020. The Labute approximate surface area is 198 Å². The van der Waals surface area contributed by atoms with Crippen LogP contribution in [-0.4, -0.2) is 23.1 Å². The second kappa shape index (κ2) is 8.75. The quantitative estimate of drug-likeness (QED) is 0.505. The van der Waals surface area contributed by atoms with Crippen LogP contribution in [0.4, 0.5) is 5.69 Å². The Balaban J connectivity index is 1.23. The highest BCUT2D eigenvalue weighted by molar-refractivity contribution is 8.00. The topological polar surface area (TPSA) is 58.2 Å². The molecule has 0 radical (unpaired) electrons. The Kier molecular flexibility index (Phi) is 5.98. The molecule has 0 atom stereocenters. The van der Waals surface area contributed by atoms with Crippen molar-refractivity contribution in [3.8, 4) is 0 Å². The number of hydrogen-bond donors (Lipinski definition) is 2. The summed E-state index contributed by atoms with van der Waals surface area (Å²) in [6.07, 6.45) is 7.52. The van der Waals surface area contributed by atoms with Gasteiger partial charge in [0.2, 0.25) is 5.91 Å². The van der Waals surface area contributed by atoms with Crippen LogP contribution in [0.1, 0.15) is 54.4 Å². The predicted molar refractivity (Wildman–Crippen MR) is 130 cm³/mol. The summed E-state index contributed by atoms with van der Waals surface area (Å²) in [7, 11) is 0. The first-order valence-electron chi connectivity index (χ1n) is 11.5. The average Bonchev–Trinajstić information content (AvgIpc) is 2.73. The highest BCUT2D eigenvalue weighted by Gasteiger charge is 2.51. The summed E-state index contributed by atoms with van der Waals surface area (Å²) in [5, 5.41) is 7.04. The number of rotatable bonds is 6. The van der Waals surface area contributed by atoms with Crippen LogP contribution in [0.5, 0.6) is 0 Å². The minimum Gasteiger partial charge on any atom is -0.350 e. The van der Waals surface area contributed by atoms with Crippen molar-refractivity contribution in [3.63, 3.8) is 0 Å². The van der Waals surface area contributed by atoms with Gasteiger partial charge in [0.25, 0.3) is 5.91 Å². The van der Waals surface area contributed by atoms with E-state index in [1.165, 1.54) is 31.0 Å². The minimum atomic E-state index is -0.181. The van der Waals surface area contributed by atoms with Crippen LogP contribution in [0, 0.1) is 24.7 Å². The standard InChI is InChI=1S/C26H29ClN2O2S/c1-16-8-20(27)6-7-22(16)28-25(31)21-4-2-3-5-23(21)32-15-24(30)29-26-12-17-9-18(13-26)11-19(10-17)14-26/h2-8,17-19H,9-15H2,1H3,(H,28,31)(H,29,30). The Hall–Kier alpha value is -1.98. The molecule has 6 heteroatoms. The maximum absolute atomic E-state index is 13.0. The lowest BCUT2D eigenvalue weighted by Crippen LogP contribution is -2.60. The molecule has 4 aliphatic rings. The Morgan fingerprint density at radius 1 is 1.03 bits per heavy atom. The van der Waals surface area contributed by atoms with Crippen molar-refractivity contribution in [1.29, 1.82) is 0 Å². The number of nitrogens with one attached hydrogen (secondary N) is 2. The number of carbonyl (C=O) groups is 2. The molecule has 4 fully saturated rings. The van der Waals surface area contributed by atoms with Crippen LogP contribution in [0.2, 0.25) is 5.02 Å². The molecule has 0 heterocycles. The maximum Gasteiger partial charge on any atom is 0.256 e. The normalized spacial score (nSPS) is 27.9. The highest BCUT2D eigenvalue weighted by atomic mass is 35.5. The van der Waals surface area contributed by atoms with E-state index in [0.717, 1.165) is 53.2 Å². The molecule has 0 aromatic heterocycles. The van der Waals surface area contributed by atoms with Crippen molar-refractivity contribution in [3.05, 3.63) is 58.6 Å². The zero-order chi connectivity index (χ0) is 22.3. The summed E-state index contributed by atoms with van der Waals surface area (Å²) in [5.41, 5.74) is 2.24. The van der Waals surface area contributed by atoms with Crippen molar-refractivity contribution in [1.82, 2.24) is 5.32 Å². The number of thioether (sulfide) groups is 1. The molecule has 4 bridgehead atoms. The second-order valence-electron chi connectivity index (χ2n) is 9.94. The molecule has 168 valence electrons. The fraction of sp³-hybridized carbons (Fsp3) is 0.462. The van der Waals surface area contributed by atoms with Crippen molar-refractivity contribution in [2.75, 3.05) is 11.1 Å². The molecule has 0 spiro atoms. The monoisotopic (exact) mass is 468 g/mol. The SMILES string of the molecule is Cc1cc(Cl)ccc1NC(=O)c1ccccc1SCC(=O)NC12CC3CC(CC(C3)C1)C2. The number of amides is 2. The van der Waals surface area contributed by atoms with Gasteiger partial charge in [0.1, 0.15) is 0 Å². The smallest absolute Gasteiger partial charge is 0.256 e. The number of hydrogen-bond acceptors (Lipinski definition) is 3. The van der Waals surface area contributed by atoms with Crippen LogP contribution >= 0.6 is 23.4 Å².